The molecule has 0 unspecified atom stereocenters. The number of halogens is 1. The standard InChI is InChI=1S/C21H29BrN4/c1-4-7-17(8-5-2)20-11-18(12-21(26-20)19(22)15-23-3)25-14-16-9-6-10-24-13-16/h6,9-11,13,15,17,25H,4-5,7-8,12,14H2,1-3H3/b21-19-,23-15?. The van der Waals surface area contributed by atoms with Gasteiger partial charge in [-0.2, -0.15) is 0 Å². The molecule has 1 aromatic rings. The first kappa shape index (κ1) is 20.6. The SMILES string of the molecule is CCCC(CCC)C1=N/C(=C(\Br)C=NC)CC(NCc2cccnc2)=C1. The van der Waals surface area contributed by atoms with Crippen molar-refractivity contribution in [2.24, 2.45) is 15.9 Å². The van der Waals surface area contributed by atoms with Crippen molar-refractivity contribution < 1.29 is 0 Å². The van der Waals surface area contributed by atoms with E-state index in [-0.39, 0.29) is 0 Å². The molecule has 0 fully saturated rings. The minimum atomic E-state index is 0.509. The Morgan fingerprint density at radius 1 is 1.35 bits per heavy atom. The first-order valence-electron chi connectivity index (χ1n) is 9.40. The first-order valence-corrected chi connectivity index (χ1v) is 10.2. The van der Waals surface area contributed by atoms with Gasteiger partial charge in [-0.15, -0.1) is 0 Å². The molecule has 0 aliphatic carbocycles. The lowest BCUT2D eigenvalue weighted by Gasteiger charge is -2.23. The van der Waals surface area contributed by atoms with E-state index >= 15 is 0 Å². The fourth-order valence-electron chi connectivity index (χ4n) is 3.14. The molecule has 2 rings (SSSR count). The summed E-state index contributed by atoms with van der Waals surface area (Å²) in [4.78, 5) is 13.3. The Morgan fingerprint density at radius 2 is 2.12 bits per heavy atom. The molecule has 0 bridgehead atoms. The van der Waals surface area contributed by atoms with Crippen LogP contribution < -0.4 is 5.32 Å². The number of rotatable bonds is 9. The summed E-state index contributed by atoms with van der Waals surface area (Å²) >= 11 is 3.64. The Morgan fingerprint density at radius 3 is 2.73 bits per heavy atom. The zero-order valence-corrected chi connectivity index (χ0v) is 17.6. The first-order chi connectivity index (χ1) is 12.7. The highest BCUT2D eigenvalue weighted by Crippen LogP contribution is 2.27. The summed E-state index contributed by atoms with van der Waals surface area (Å²) in [6, 6.07) is 4.06. The predicted molar refractivity (Wildman–Crippen MR) is 115 cm³/mol. The smallest absolute Gasteiger partial charge is 0.0622 e. The van der Waals surface area contributed by atoms with Crippen LogP contribution in [0.25, 0.3) is 0 Å². The number of nitrogens with zero attached hydrogens (tertiary/aromatic N) is 3. The number of hydrogen-bond donors (Lipinski definition) is 1. The van der Waals surface area contributed by atoms with Gasteiger partial charge in [0.05, 0.1) is 10.2 Å². The van der Waals surface area contributed by atoms with Crippen LogP contribution >= 0.6 is 15.9 Å². The van der Waals surface area contributed by atoms with E-state index in [1.54, 1.807) is 13.2 Å². The summed E-state index contributed by atoms with van der Waals surface area (Å²) in [5, 5.41) is 3.57. The molecule has 2 heterocycles. The van der Waals surface area contributed by atoms with Gasteiger partial charge in [-0.3, -0.25) is 15.0 Å². The zero-order valence-electron chi connectivity index (χ0n) is 16.0. The third-order valence-electron chi connectivity index (χ3n) is 4.40. The minimum absolute atomic E-state index is 0.509. The Balaban J connectivity index is 2.25. The van der Waals surface area contributed by atoms with E-state index in [1.165, 1.54) is 42.7 Å². The number of allylic oxidation sites excluding steroid dienone is 2. The van der Waals surface area contributed by atoms with Crippen molar-refractivity contribution in [1.82, 2.24) is 10.3 Å². The van der Waals surface area contributed by atoms with E-state index in [4.69, 9.17) is 4.99 Å². The molecule has 0 atom stereocenters. The van der Waals surface area contributed by atoms with Gasteiger partial charge in [0.1, 0.15) is 0 Å². The summed E-state index contributed by atoms with van der Waals surface area (Å²) in [6.07, 6.45) is 13.3. The van der Waals surface area contributed by atoms with Crippen molar-refractivity contribution in [1.29, 1.82) is 0 Å². The maximum absolute atomic E-state index is 4.97. The van der Waals surface area contributed by atoms with Crippen LogP contribution in [0.5, 0.6) is 0 Å². The molecule has 1 aliphatic heterocycles. The lowest BCUT2D eigenvalue weighted by Crippen LogP contribution is -2.22. The largest absolute Gasteiger partial charge is 0.384 e. The van der Waals surface area contributed by atoms with E-state index in [0.29, 0.717) is 5.92 Å². The van der Waals surface area contributed by atoms with Crippen LogP contribution in [0.3, 0.4) is 0 Å². The van der Waals surface area contributed by atoms with Crippen molar-refractivity contribution in [2.75, 3.05) is 7.05 Å². The maximum atomic E-state index is 4.97. The topological polar surface area (TPSA) is 49.6 Å². The Kier molecular flexibility index (Phi) is 8.75. The van der Waals surface area contributed by atoms with Crippen LogP contribution in [0, 0.1) is 5.92 Å². The van der Waals surface area contributed by atoms with E-state index in [2.05, 4.69) is 57.2 Å². The second-order valence-corrected chi connectivity index (χ2v) is 7.41. The molecule has 1 aliphatic rings. The molecule has 1 aromatic heterocycles. The second-order valence-electron chi connectivity index (χ2n) is 6.55. The Labute approximate surface area is 165 Å². The monoisotopic (exact) mass is 416 g/mol. The molecule has 5 heteroatoms. The highest BCUT2D eigenvalue weighted by atomic mass is 79.9. The van der Waals surface area contributed by atoms with Crippen LogP contribution in [0.15, 0.2) is 56.5 Å². The highest BCUT2D eigenvalue weighted by molar-refractivity contribution is 9.12. The molecule has 0 radical (unpaired) electrons. The van der Waals surface area contributed by atoms with Crippen molar-refractivity contribution in [3.05, 3.63) is 52.0 Å². The average Bonchev–Trinajstić information content (AvgIpc) is 2.67. The lowest BCUT2D eigenvalue weighted by atomic mass is 9.90. The molecule has 0 amide bonds. The second kappa shape index (κ2) is 11.1. The molecule has 0 saturated carbocycles. The van der Waals surface area contributed by atoms with E-state index in [9.17, 15) is 0 Å². The summed E-state index contributed by atoms with van der Waals surface area (Å²) < 4.78 is 0.957. The van der Waals surface area contributed by atoms with Gasteiger partial charge in [0.2, 0.25) is 0 Å². The lowest BCUT2D eigenvalue weighted by molar-refractivity contribution is 0.558. The molecule has 26 heavy (non-hydrogen) atoms. The van der Waals surface area contributed by atoms with E-state index < -0.39 is 0 Å². The molecule has 4 nitrogen and oxygen atoms in total. The van der Waals surface area contributed by atoms with E-state index in [1.807, 2.05) is 18.5 Å². The highest BCUT2D eigenvalue weighted by Gasteiger charge is 2.19. The Hall–Kier alpha value is -1.75. The van der Waals surface area contributed by atoms with Gasteiger partial charge < -0.3 is 5.32 Å². The predicted octanol–water partition coefficient (Wildman–Crippen LogP) is 5.42. The molecular weight excluding hydrogens is 388 g/mol. The molecule has 0 spiro atoms. The number of pyridine rings is 1. The summed E-state index contributed by atoms with van der Waals surface area (Å²) in [7, 11) is 1.78. The van der Waals surface area contributed by atoms with Gasteiger partial charge in [0.25, 0.3) is 0 Å². The number of hydrogen-bond acceptors (Lipinski definition) is 4. The number of nitrogens with one attached hydrogen (secondary N) is 1. The third-order valence-corrected chi connectivity index (χ3v) is 5.06. The van der Waals surface area contributed by atoms with Gasteiger partial charge in [-0.25, -0.2) is 0 Å². The van der Waals surface area contributed by atoms with Gasteiger partial charge >= 0.3 is 0 Å². The summed E-state index contributed by atoms with van der Waals surface area (Å²) in [6.45, 7) is 5.26. The van der Waals surface area contributed by atoms with Crippen LogP contribution in [-0.4, -0.2) is 24.0 Å². The number of aliphatic imine (C=N–C) groups is 2. The molecule has 1 N–H and O–H groups in total. The summed E-state index contributed by atoms with van der Waals surface area (Å²) in [5.41, 5.74) is 4.60. The van der Waals surface area contributed by atoms with Crippen LogP contribution in [-0.2, 0) is 6.54 Å². The molecule has 0 saturated heterocycles. The Bertz CT molecular complexity index is 683. The van der Waals surface area contributed by atoms with Gasteiger partial charge in [0, 0.05) is 55.9 Å². The van der Waals surface area contributed by atoms with Crippen molar-refractivity contribution in [2.45, 2.75) is 52.5 Å². The number of aromatic nitrogens is 1. The van der Waals surface area contributed by atoms with Crippen molar-refractivity contribution in [3.8, 4) is 0 Å². The van der Waals surface area contributed by atoms with E-state index in [0.717, 1.165) is 23.1 Å². The molecule has 0 aromatic carbocycles. The van der Waals surface area contributed by atoms with Gasteiger partial charge in [0.15, 0.2) is 0 Å². The fraction of sp³-hybridized carbons (Fsp3) is 0.476. The van der Waals surface area contributed by atoms with Crippen molar-refractivity contribution >= 4 is 27.9 Å². The average molecular weight is 417 g/mol. The maximum Gasteiger partial charge on any atom is 0.0622 e. The normalized spacial score (nSPS) is 16.7. The van der Waals surface area contributed by atoms with Crippen LogP contribution in [0.2, 0.25) is 0 Å². The molecular formula is C21H29BrN4. The minimum Gasteiger partial charge on any atom is -0.384 e. The fourth-order valence-corrected chi connectivity index (χ4v) is 3.57. The quantitative estimate of drug-likeness (QED) is 0.545. The van der Waals surface area contributed by atoms with Crippen molar-refractivity contribution in [3.63, 3.8) is 0 Å². The third kappa shape index (κ3) is 6.20. The van der Waals surface area contributed by atoms with Gasteiger partial charge in [-0.05, 0) is 46.5 Å². The molecule has 140 valence electrons. The zero-order chi connectivity index (χ0) is 18.8. The summed E-state index contributed by atoms with van der Waals surface area (Å²) in [5.74, 6) is 0.509. The van der Waals surface area contributed by atoms with Crippen LogP contribution in [0.1, 0.15) is 51.5 Å². The van der Waals surface area contributed by atoms with Crippen LogP contribution in [0.4, 0.5) is 0 Å². The number of dihydropyridines is 1. The van der Waals surface area contributed by atoms with Gasteiger partial charge in [-0.1, -0.05) is 32.8 Å².